The Balaban J connectivity index is 0.000000247. The zero-order valence-corrected chi connectivity index (χ0v) is 38.1. The van der Waals surface area contributed by atoms with Crippen molar-refractivity contribution in [2.24, 2.45) is 0 Å². The van der Waals surface area contributed by atoms with E-state index in [0.29, 0.717) is 22.9 Å². The van der Waals surface area contributed by atoms with Crippen LogP contribution in [0.15, 0.2) is 131 Å². The summed E-state index contributed by atoms with van der Waals surface area (Å²) in [7, 11) is -2.83. The first-order chi connectivity index (χ1) is 31.3. The van der Waals surface area contributed by atoms with Crippen LogP contribution in [0, 0.1) is 0 Å². The molecule has 0 atom stereocenters. The number of sulfonamides is 2. The van der Waals surface area contributed by atoms with Gasteiger partial charge in [-0.15, -0.1) is 0 Å². The van der Waals surface area contributed by atoms with Crippen molar-refractivity contribution in [3.63, 3.8) is 0 Å². The lowest BCUT2D eigenvalue weighted by Gasteiger charge is -2.14. The van der Waals surface area contributed by atoms with Gasteiger partial charge in [-0.25, -0.2) is 26.4 Å². The molecule has 0 aliphatic heterocycles. The summed E-state index contributed by atoms with van der Waals surface area (Å²) >= 11 is 12.3. The maximum Gasteiger partial charge on any atom is 0.335 e. The fourth-order valence-corrected chi connectivity index (χ4v) is 8.63. The quantitative estimate of drug-likeness (QED) is 0.0534. The molecule has 0 aromatic heterocycles. The Bertz CT molecular complexity index is 2820. The number of halogens is 2. The molecule has 6 aromatic carbocycles. The van der Waals surface area contributed by atoms with Gasteiger partial charge in [0.1, 0.15) is 32.8 Å². The first-order valence-electron chi connectivity index (χ1n) is 18.7. The van der Waals surface area contributed by atoms with Crippen LogP contribution in [0.2, 0.25) is 10.0 Å². The molecule has 0 fully saturated rings. The van der Waals surface area contributed by atoms with Gasteiger partial charge in [0, 0.05) is 34.6 Å². The third-order valence-corrected chi connectivity index (χ3v) is 12.5. The Hall–Kier alpha value is -7.52. The van der Waals surface area contributed by atoms with Gasteiger partial charge in [0.2, 0.25) is 0 Å². The molecule has 0 radical (unpaired) electrons. The summed E-state index contributed by atoms with van der Waals surface area (Å²) in [6.45, 7) is 0. The molecule has 2 amide bonds. The smallest absolute Gasteiger partial charge is 0.335 e. The summed E-state index contributed by atoms with van der Waals surface area (Å²) in [5.41, 5.74) is 1.08. The monoisotopic (exact) mass is 980 g/mol. The third-order valence-electron chi connectivity index (χ3n) is 9.05. The minimum absolute atomic E-state index is 0.0181. The number of carboxylic acid groups (broad SMARTS) is 2. The molecule has 0 heterocycles. The number of aromatic carboxylic acids is 2. The van der Waals surface area contributed by atoms with Gasteiger partial charge in [0.05, 0.1) is 61.0 Å². The topological polar surface area (TPSA) is 262 Å². The van der Waals surface area contributed by atoms with E-state index in [0.717, 1.165) is 0 Å². The summed E-state index contributed by atoms with van der Waals surface area (Å²) in [6, 6.07) is 27.9. The number of hydrogen-bond donors (Lipinski definition) is 6. The molecule has 344 valence electrons. The van der Waals surface area contributed by atoms with Crippen molar-refractivity contribution in [1.29, 1.82) is 0 Å². The van der Waals surface area contributed by atoms with Crippen molar-refractivity contribution in [2.75, 3.05) is 48.5 Å². The zero-order valence-electron chi connectivity index (χ0n) is 34.9. The number of methoxy groups -OCH3 is 4. The highest BCUT2D eigenvalue weighted by atomic mass is 35.5. The average Bonchev–Trinajstić information content (AvgIpc) is 3.30. The minimum atomic E-state index is -4.15. The van der Waals surface area contributed by atoms with E-state index in [2.05, 4.69) is 20.1 Å². The molecular formula is C44H38Cl2N4O14S2. The van der Waals surface area contributed by atoms with Crippen LogP contribution in [0.1, 0.15) is 41.4 Å². The van der Waals surface area contributed by atoms with Crippen LogP contribution in [-0.4, -0.2) is 79.2 Å². The van der Waals surface area contributed by atoms with Crippen LogP contribution in [0.4, 0.5) is 22.7 Å². The molecule has 0 unspecified atom stereocenters. The second kappa shape index (κ2) is 21.4. The van der Waals surface area contributed by atoms with Gasteiger partial charge in [0.15, 0.2) is 0 Å². The summed E-state index contributed by atoms with van der Waals surface area (Å²) in [4.78, 5) is 46.8. The number of benzene rings is 6. The lowest BCUT2D eigenvalue weighted by atomic mass is 10.1. The normalized spacial score (nSPS) is 10.9. The van der Waals surface area contributed by atoms with Gasteiger partial charge in [-0.05, 0) is 109 Å². The molecule has 0 bridgehead atoms. The number of carbonyl (C=O) groups is 4. The lowest BCUT2D eigenvalue weighted by Crippen LogP contribution is -2.16. The first-order valence-corrected chi connectivity index (χ1v) is 22.4. The van der Waals surface area contributed by atoms with E-state index in [1.807, 2.05) is 0 Å². The summed E-state index contributed by atoms with van der Waals surface area (Å²) in [5, 5.41) is 23.3. The number of anilines is 4. The molecule has 6 aromatic rings. The second-order valence-corrected chi connectivity index (χ2v) is 17.4. The average molecular weight is 982 g/mol. The highest BCUT2D eigenvalue weighted by Gasteiger charge is 2.24. The van der Waals surface area contributed by atoms with E-state index in [1.165, 1.54) is 138 Å². The van der Waals surface area contributed by atoms with Crippen LogP contribution in [0.5, 0.6) is 23.0 Å². The number of carbonyl (C=O) groups excluding carboxylic acids is 2. The van der Waals surface area contributed by atoms with Crippen LogP contribution < -0.4 is 39.0 Å². The maximum atomic E-state index is 13.0. The predicted molar refractivity (Wildman–Crippen MR) is 246 cm³/mol. The van der Waals surface area contributed by atoms with Crippen molar-refractivity contribution in [3.05, 3.63) is 154 Å². The number of ether oxygens (including phenoxy) is 4. The Labute approximate surface area is 388 Å². The molecule has 0 saturated heterocycles. The number of hydrogen-bond acceptors (Lipinski definition) is 12. The van der Waals surface area contributed by atoms with Crippen molar-refractivity contribution < 1.29 is 65.2 Å². The zero-order chi connectivity index (χ0) is 48.3. The van der Waals surface area contributed by atoms with Crippen molar-refractivity contribution >= 4 is 89.8 Å². The standard InChI is InChI=1S/2C22H19ClN2O7S/c2*1-31-16-8-10-19(32-2)20(12-16)33(29,30)25-18-11-14(5-9-17(18)23)21(26)24-15-6-3-13(4-7-15)22(27)28/h2*3-12,25H,1-2H3,(H,24,26)(H,27,28). The Kier molecular flexibility index (Phi) is 16.1. The molecule has 0 spiro atoms. The van der Waals surface area contributed by atoms with Crippen LogP contribution in [0.3, 0.4) is 0 Å². The maximum absolute atomic E-state index is 13.0. The molecule has 0 aliphatic carbocycles. The van der Waals surface area contributed by atoms with Crippen LogP contribution in [-0.2, 0) is 20.0 Å². The largest absolute Gasteiger partial charge is 0.497 e. The van der Waals surface area contributed by atoms with Gasteiger partial charge in [-0.1, -0.05) is 23.2 Å². The molecule has 18 nitrogen and oxygen atoms in total. The highest BCUT2D eigenvalue weighted by molar-refractivity contribution is 7.93. The summed E-state index contributed by atoms with van der Waals surface area (Å²) in [6.07, 6.45) is 0. The highest BCUT2D eigenvalue weighted by Crippen LogP contribution is 2.34. The SMILES string of the molecule is COc1ccc(OC)c(S(=O)(=O)Nc2cc(C(=O)Nc3ccc(C(=O)O)cc3)ccc2Cl)c1.COc1ccc(OC)c(S(=O)(=O)Nc2cc(C(=O)Nc3ccc(C(=O)O)cc3)ccc2Cl)c1. The van der Waals surface area contributed by atoms with E-state index >= 15 is 0 Å². The number of carboxylic acids is 2. The van der Waals surface area contributed by atoms with E-state index in [9.17, 15) is 36.0 Å². The predicted octanol–water partition coefficient (Wildman–Crippen LogP) is 8.22. The van der Waals surface area contributed by atoms with E-state index in [1.54, 1.807) is 12.1 Å². The van der Waals surface area contributed by atoms with E-state index in [-0.39, 0.29) is 65.0 Å². The third kappa shape index (κ3) is 12.4. The van der Waals surface area contributed by atoms with Gasteiger partial charge in [-0.3, -0.25) is 19.0 Å². The molecule has 22 heteroatoms. The van der Waals surface area contributed by atoms with Gasteiger partial charge >= 0.3 is 11.9 Å². The Morgan fingerprint density at radius 2 is 0.788 bits per heavy atom. The van der Waals surface area contributed by atoms with Gasteiger partial charge < -0.3 is 39.8 Å². The number of rotatable bonds is 16. The van der Waals surface area contributed by atoms with Crippen LogP contribution in [0.25, 0.3) is 0 Å². The second-order valence-electron chi connectivity index (χ2n) is 13.3. The molecule has 6 rings (SSSR count). The fourth-order valence-electron chi connectivity index (χ4n) is 5.68. The number of nitrogens with one attached hydrogen (secondary N) is 4. The molecule has 6 N–H and O–H groups in total. The Morgan fingerprint density at radius 3 is 1.09 bits per heavy atom. The van der Waals surface area contributed by atoms with Crippen molar-refractivity contribution in [1.82, 2.24) is 0 Å². The molecule has 0 saturated carbocycles. The van der Waals surface area contributed by atoms with Crippen molar-refractivity contribution in [3.8, 4) is 23.0 Å². The summed E-state index contributed by atoms with van der Waals surface area (Å²) < 4.78 is 77.2. The number of amides is 2. The van der Waals surface area contributed by atoms with Crippen LogP contribution >= 0.6 is 23.2 Å². The summed E-state index contributed by atoms with van der Waals surface area (Å²) in [5.74, 6) is -2.46. The lowest BCUT2D eigenvalue weighted by molar-refractivity contribution is 0.0686. The Morgan fingerprint density at radius 1 is 0.455 bits per heavy atom. The molecular weight excluding hydrogens is 944 g/mol. The van der Waals surface area contributed by atoms with E-state index < -0.39 is 43.8 Å². The molecule has 66 heavy (non-hydrogen) atoms. The molecule has 0 aliphatic rings. The van der Waals surface area contributed by atoms with E-state index in [4.69, 9.17) is 52.4 Å². The van der Waals surface area contributed by atoms with Gasteiger partial charge in [-0.2, -0.15) is 0 Å². The minimum Gasteiger partial charge on any atom is -0.497 e. The fraction of sp³-hybridized carbons (Fsp3) is 0.0909. The first kappa shape index (κ1) is 49.5. The van der Waals surface area contributed by atoms with Crippen molar-refractivity contribution in [2.45, 2.75) is 9.79 Å². The van der Waals surface area contributed by atoms with Gasteiger partial charge in [0.25, 0.3) is 31.9 Å².